The van der Waals surface area contributed by atoms with Crippen molar-refractivity contribution in [3.05, 3.63) is 39.4 Å². The van der Waals surface area contributed by atoms with Gasteiger partial charge in [0.05, 0.1) is 6.54 Å². The zero-order valence-electron chi connectivity index (χ0n) is 9.61. The summed E-state index contributed by atoms with van der Waals surface area (Å²) in [5.74, 6) is 0.355. The van der Waals surface area contributed by atoms with Crippen molar-refractivity contribution in [2.24, 2.45) is 0 Å². The van der Waals surface area contributed by atoms with Crippen LogP contribution in [0.4, 0.5) is 5.82 Å². The van der Waals surface area contributed by atoms with E-state index in [1.54, 1.807) is 19.3 Å². The highest BCUT2D eigenvalue weighted by atomic mass is 35.5. The largest absolute Gasteiger partial charge is 0.373 e. The van der Waals surface area contributed by atoms with Gasteiger partial charge in [0.15, 0.2) is 0 Å². The highest BCUT2D eigenvalue weighted by Gasteiger charge is 2.09. The number of thiazole rings is 1. The van der Waals surface area contributed by atoms with Gasteiger partial charge >= 0.3 is 0 Å². The number of halogens is 1. The van der Waals surface area contributed by atoms with Gasteiger partial charge in [-0.05, 0) is 12.1 Å². The molecule has 0 aliphatic rings. The van der Waals surface area contributed by atoms with Crippen LogP contribution in [0.1, 0.15) is 15.4 Å². The van der Waals surface area contributed by atoms with Crippen LogP contribution in [-0.4, -0.2) is 22.9 Å². The Morgan fingerprint density at radius 3 is 3.00 bits per heavy atom. The first kappa shape index (κ1) is 12.8. The van der Waals surface area contributed by atoms with E-state index in [4.69, 9.17) is 11.6 Å². The second kappa shape index (κ2) is 5.79. The molecule has 0 aliphatic heterocycles. The van der Waals surface area contributed by atoms with Crippen LogP contribution >= 0.6 is 22.9 Å². The standard InChI is InChI=1S/C11H11ClN4OS/c1-13-9-5-7(4-8(12)16-9)11(17)15-6-10-14-2-3-18-10/h2-5H,6H2,1H3,(H,13,16)(H,15,17). The Morgan fingerprint density at radius 2 is 2.33 bits per heavy atom. The van der Waals surface area contributed by atoms with Gasteiger partial charge in [0, 0.05) is 24.2 Å². The second-order valence-corrected chi connectivity index (χ2v) is 4.79. The molecule has 2 aromatic heterocycles. The van der Waals surface area contributed by atoms with Crippen molar-refractivity contribution in [3.8, 4) is 0 Å². The number of rotatable bonds is 4. The molecule has 0 fully saturated rings. The van der Waals surface area contributed by atoms with Crippen LogP contribution in [-0.2, 0) is 6.54 Å². The molecule has 0 bridgehead atoms. The van der Waals surface area contributed by atoms with Crippen molar-refractivity contribution < 1.29 is 4.79 Å². The summed E-state index contributed by atoms with van der Waals surface area (Å²) in [6.07, 6.45) is 1.70. The summed E-state index contributed by atoms with van der Waals surface area (Å²) >= 11 is 7.33. The van der Waals surface area contributed by atoms with Gasteiger partial charge in [-0.2, -0.15) is 0 Å². The van der Waals surface area contributed by atoms with Crippen molar-refractivity contribution in [1.82, 2.24) is 15.3 Å². The van der Waals surface area contributed by atoms with Crippen molar-refractivity contribution in [3.63, 3.8) is 0 Å². The Kier molecular flexibility index (Phi) is 4.11. The van der Waals surface area contributed by atoms with Crippen LogP contribution in [0.25, 0.3) is 0 Å². The van der Waals surface area contributed by atoms with Crippen LogP contribution in [0.2, 0.25) is 5.15 Å². The molecule has 2 aromatic rings. The highest BCUT2D eigenvalue weighted by Crippen LogP contribution is 2.14. The number of hydrogen-bond acceptors (Lipinski definition) is 5. The number of anilines is 1. The third kappa shape index (κ3) is 3.18. The van der Waals surface area contributed by atoms with Crippen LogP contribution in [0.5, 0.6) is 0 Å². The molecule has 7 heteroatoms. The summed E-state index contributed by atoms with van der Waals surface area (Å²) in [5.41, 5.74) is 0.468. The minimum atomic E-state index is -0.203. The molecule has 2 N–H and O–H groups in total. The monoisotopic (exact) mass is 282 g/mol. The molecule has 94 valence electrons. The highest BCUT2D eigenvalue weighted by molar-refractivity contribution is 7.09. The molecule has 0 unspecified atom stereocenters. The zero-order valence-corrected chi connectivity index (χ0v) is 11.2. The maximum atomic E-state index is 11.9. The molecule has 2 rings (SSSR count). The van der Waals surface area contributed by atoms with Gasteiger partial charge < -0.3 is 10.6 Å². The Labute approximate surface area is 113 Å². The first-order valence-corrected chi connectivity index (χ1v) is 6.46. The van der Waals surface area contributed by atoms with Crippen LogP contribution in [0.15, 0.2) is 23.7 Å². The fourth-order valence-corrected chi connectivity index (χ4v) is 2.12. The predicted octanol–water partition coefficient (Wildman–Crippen LogP) is 2.16. The lowest BCUT2D eigenvalue weighted by Gasteiger charge is -2.06. The van der Waals surface area contributed by atoms with E-state index in [0.717, 1.165) is 5.01 Å². The zero-order chi connectivity index (χ0) is 13.0. The van der Waals surface area contributed by atoms with Crippen molar-refractivity contribution >= 4 is 34.7 Å². The Bertz CT molecular complexity index is 544. The number of carbonyl (C=O) groups is 1. The number of carbonyl (C=O) groups excluding carboxylic acids is 1. The van der Waals surface area contributed by atoms with Gasteiger partial charge in [-0.1, -0.05) is 11.6 Å². The summed E-state index contributed by atoms with van der Waals surface area (Å²) in [7, 11) is 1.72. The van der Waals surface area contributed by atoms with Crippen molar-refractivity contribution in [1.29, 1.82) is 0 Å². The molecular weight excluding hydrogens is 272 g/mol. The lowest BCUT2D eigenvalue weighted by Crippen LogP contribution is -2.22. The van der Waals surface area contributed by atoms with E-state index in [1.807, 2.05) is 5.38 Å². The smallest absolute Gasteiger partial charge is 0.251 e. The van der Waals surface area contributed by atoms with Gasteiger partial charge in [-0.15, -0.1) is 11.3 Å². The van der Waals surface area contributed by atoms with E-state index >= 15 is 0 Å². The van der Waals surface area contributed by atoms with E-state index in [9.17, 15) is 4.79 Å². The predicted molar refractivity (Wildman–Crippen MR) is 72.1 cm³/mol. The lowest BCUT2D eigenvalue weighted by atomic mass is 10.2. The molecule has 1 amide bonds. The molecule has 0 spiro atoms. The van der Waals surface area contributed by atoms with Gasteiger partial charge in [0.1, 0.15) is 16.0 Å². The third-order valence-electron chi connectivity index (χ3n) is 2.20. The third-order valence-corrected chi connectivity index (χ3v) is 3.17. The molecule has 0 radical (unpaired) electrons. The minimum absolute atomic E-state index is 0.203. The van der Waals surface area contributed by atoms with Gasteiger partial charge in [0.2, 0.25) is 0 Å². The average Bonchev–Trinajstić information content (AvgIpc) is 2.88. The summed E-state index contributed by atoms with van der Waals surface area (Å²) in [6.45, 7) is 0.408. The lowest BCUT2D eigenvalue weighted by molar-refractivity contribution is 0.0951. The Balaban J connectivity index is 2.06. The molecule has 0 saturated carbocycles. The molecule has 18 heavy (non-hydrogen) atoms. The quantitative estimate of drug-likeness (QED) is 0.844. The first-order chi connectivity index (χ1) is 8.69. The molecule has 2 heterocycles. The van der Waals surface area contributed by atoms with Crippen molar-refractivity contribution in [2.45, 2.75) is 6.54 Å². The van der Waals surface area contributed by atoms with Gasteiger partial charge in [0.25, 0.3) is 5.91 Å². The number of nitrogens with one attached hydrogen (secondary N) is 2. The van der Waals surface area contributed by atoms with Crippen molar-refractivity contribution in [2.75, 3.05) is 12.4 Å². The van der Waals surface area contributed by atoms with E-state index in [1.165, 1.54) is 17.4 Å². The topological polar surface area (TPSA) is 66.9 Å². The maximum absolute atomic E-state index is 11.9. The number of amides is 1. The molecule has 0 aromatic carbocycles. The summed E-state index contributed by atoms with van der Waals surface area (Å²) in [5, 5.41) is 8.62. The van der Waals surface area contributed by atoms with E-state index in [0.29, 0.717) is 17.9 Å². The maximum Gasteiger partial charge on any atom is 0.251 e. The Morgan fingerprint density at radius 1 is 1.50 bits per heavy atom. The fourth-order valence-electron chi connectivity index (χ4n) is 1.35. The molecule has 5 nitrogen and oxygen atoms in total. The van der Waals surface area contributed by atoms with Gasteiger partial charge in [-0.25, -0.2) is 9.97 Å². The first-order valence-electron chi connectivity index (χ1n) is 5.21. The SMILES string of the molecule is CNc1cc(C(=O)NCc2nccs2)cc(Cl)n1. The van der Waals surface area contributed by atoms with E-state index in [2.05, 4.69) is 20.6 Å². The van der Waals surface area contributed by atoms with Crippen LogP contribution in [0.3, 0.4) is 0 Å². The summed E-state index contributed by atoms with van der Waals surface area (Å²) < 4.78 is 0. The van der Waals surface area contributed by atoms with Gasteiger partial charge in [-0.3, -0.25) is 4.79 Å². The summed E-state index contributed by atoms with van der Waals surface area (Å²) in [4.78, 5) is 20.0. The molecular formula is C11H11ClN4OS. The normalized spacial score (nSPS) is 10.1. The summed E-state index contributed by atoms with van der Waals surface area (Å²) in [6, 6.07) is 3.17. The second-order valence-electron chi connectivity index (χ2n) is 3.42. The fraction of sp³-hybridized carbons (Fsp3) is 0.182. The van der Waals surface area contributed by atoms with Crippen LogP contribution < -0.4 is 10.6 Å². The molecule has 0 atom stereocenters. The molecule has 0 saturated heterocycles. The average molecular weight is 283 g/mol. The number of hydrogen-bond donors (Lipinski definition) is 2. The van der Waals surface area contributed by atoms with E-state index < -0.39 is 0 Å². The minimum Gasteiger partial charge on any atom is -0.373 e. The number of aromatic nitrogens is 2. The number of nitrogens with zero attached hydrogens (tertiary/aromatic N) is 2. The molecule has 0 aliphatic carbocycles. The van der Waals surface area contributed by atoms with E-state index in [-0.39, 0.29) is 11.1 Å². The number of pyridine rings is 1. The van der Waals surface area contributed by atoms with Crippen LogP contribution in [0, 0.1) is 0 Å². The Hall–Kier alpha value is -1.66.